The molecule has 1 saturated heterocycles. The number of allylic oxidation sites excluding steroid dienone is 1. The first kappa shape index (κ1) is 22.5. The summed E-state index contributed by atoms with van der Waals surface area (Å²) in [5.74, 6) is 2.70. The number of nitrogens with zero attached hydrogens (tertiary/aromatic N) is 1. The Bertz CT molecular complexity index is 1140. The Morgan fingerprint density at radius 3 is 2.06 bits per heavy atom. The molecule has 176 valence electrons. The van der Waals surface area contributed by atoms with Crippen LogP contribution in [0.2, 0.25) is 0 Å². The van der Waals surface area contributed by atoms with E-state index in [4.69, 9.17) is 14.2 Å². The van der Waals surface area contributed by atoms with E-state index in [-0.39, 0.29) is 0 Å². The van der Waals surface area contributed by atoms with Gasteiger partial charge in [0.25, 0.3) is 0 Å². The quantitative estimate of drug-likeness (QED) is 0.412. The third-order valence-electron chi connectivity index (χ3n) is 6.96. The molecule has 1 heterocycles. The monoisotopic (exact) mass is 455 g/mol. The van der Waals surface area contributed by atoms with Crippen molar-refractivity contribution in [3.05, 3.63) is 89.0 Å². The highest BCUT2D eigenvalue weighted by Crippen LogP contribution is 2.43. The molecule has 0 spiro atoms. The van der Waals surface area contributed by atoms with Crippen LogP contribution >= 0.6 is 0 Å². The number of hydrogen-bond donors (Lipinski definition) is 0. The van der Waals surface area contributed by atoms with Crippen LogP contribution < -0.4 is 14.2 Å². The second-order valence-corrected chi connectivity index (χ2v) is 9.06. The number of hydrogen-bond acceptors (Lipinski definition) is 4. The normalized spacial score (nSPS) is 15.8. The topological polar surface area (TPSA) is 30.9 Å². The molecule has 1 aliphatic heterocycles. The molecule has 5 rings (SSSR count). The van der Waals surface area contributed by atoms with Crippen LogP contribution in [0.1, 0.15) is 41.5 Å². The van der Waals surface area contributed by atoms with Crippen molar-refractivity contribution in [3.63, 3.8) is 0 Å². The lowest BCUT2D eigenvalue weighted by molar-refractivity contribution is 0.183. The predicted octanol–water partition coefficient (Wildman–Crippen LogP) is 6.08. The molecule has 1 fully saturated rings. The summed E-state index contributed by atoms with van der Waals surface area (Å²) in [6.07, 6.45) is 4.87. The predicted molar refractivity (Wildman–Crippen MR) is 138 cm³/mol. The fraction of sp³-hybridized carbons (Fsp3) is 0.333. The Morgan fingerprint density at radius 2 is 1.35 bits per heavy atom. The highest BCUT2D eigenvalue weighted by molar-refractivity contribution is 6.03. The molecular weight excluding hydrogens is 422 g/mol. The number of methoxy groups -OCH3 is 2. The third-order valence-corrected chi connectivity index (χ3v) is 6.96. The van der Waals surface area contributed by atoms with Crippen molar-refractivity contribution in [3.8, 4) is 17.2 Å². The van der Waals surface area contributed by atoms with Crippen LogP contribution in [0.25, 0.3) is 11.1 Å². The SMILES string of the molecule is COc1ccc(C2=C(c3ccc(OCCN4CCCCC4)cc3)c3ccc(OC)cc3C2)cc1. The summed E-state index contributed by atoms with van der Waals surface area (Å²) in [7, 11) is 3.42. The van der Waals surface area contributed by atoms with Gasteiger partial charge in [0.05, 0.1) is 14.2 Å². The molecule has 3 aromatic rings. The van der Waals surface area contributed by atoms with Crippen molar-refractivity contribution in [2.24, 2.45) is 0 Å². The molecule has 4 heteroatoms. The van der Waals surface area contributed by atoms with Crippen molar-refractivity contribution in [2.75, 3.05) is 40.5 Å². The van der Waals surface area contributed by atoms with Crippen LogP contribution in [-0.4, -0.2) is 45.4 Å². The number of piperidine rings is 1. The lowest BCUT2D eigenvalue weighted by Crippen LogP contribution is -2.33. The van der Waals surface area contributed by atoms with Crippen LogP contribution in [0, 0.1) is 0 Å². The zero-order valence-corrected chi connectivity index (χ0v) is 20.2. The molecule has 2 aliphatic rings. The minimum atomic E-state index is 0.738. The lowest BCUT2D eigenvalue weighted by Gasteiger charge is -2.26. The molecule has 0 atom stereocenters. The summed E-state index contributed by atoms with van der Waals surface area (Å²) in [5, 5.41) is 0. The highest BCUT2D eigenvalue weighted by atomic mass is 16.5. The van der Waals surface area contributed by atoms with Crippen LogP contribution in [0.4, 0.5) is 0 Å². The smallest absolute Gasteiger partial charge is 0.119 e. The van der Waals surface area contributed by atoms with Gasteiger partial charge in [-0.2, -0.15) is 0 Å². The summed E-state index contributed by atoms with van der Waals surface area (Å²) < 4.78 is 16.9. The van der Waals surface area contributed by atoms with Gasteiger partial charge in [-0.25, -0.2) is 0 Å². The van der Waals surface area contributed by atoms with Gasteiger partial charge in [-0.15, -0.1) is 0 Å². The maximum absolute atomic E-state index is 6.07. The van der Waals surface area contributed by atoms with E-state index in [9.17, 15) is 0 Å². The van der Waals surface area contributed by atoms with E-state index >= 15 is 0 Å². The molecule has 0 aromatic heterocycles. The van der Waals surface area contributed by atoms with Gasteiger partial charge in [-0.1, -0.05) is 36.8 Å². The summed E-state index contributed by atoms with van der Waals surface area (Å²) in [4.78, 5) is 2.51. The summed E-state index contributed by atoms with van der Waals surface area (Å²) in [6, 6.07) is 23.3. The first-order chi connectivity index (χ1) is 16.7. The molecule has 0 amide bonds. The second-order valence-electron chi connectivity index (χ2n) is 9.06. The minimum absolute atomic E-state index is 0.738. The molecule has 0 N–H and O–H groups in total. The second kappa shape index (κ2) is 10.4. The van der Waals surface area contributed by atoms with Crippen LogP contribution in [0.15, 0.2) is 66.7 Å². The molecule has 0 bridgehead atoms. The van der Waals surface area contributed by atoms with Gasteiger partial charge in [0.2, 0.25) is 0 Å². The van der Waals surface area contributed by atoms with E-state index < -0.39 is 0 Å². The molecule has 0 saturated carbocycles. The van der Waals surface area contributed by atoms with E-state index in [1.165, 1.54) is 65.8 Å². The van der Waals surface area contributed by atoms with E-state index in [1.807, 2.05) is 18.2 Å². The third kappa shape index (κ3) is 4.83. The van der Waals surface area contributed by atoms with Crippen LogP contribution in [0.3, 0.4) is 0 Å². The van der Waals surface area contributed by atoms with Gasteiger partial charge in [0.1, 0.15) is 23.9 Å². The Hall–Kier alpha value is -3.24. The summed E-state index contributed by atoms with van der Waals surface area (Å²) >= 11 is 0. The molecule has 34 heavy (non-hydrogen) atoms. The maximum Gasteiger partial charge on any atom is 0.119 e. The molecule has 4 nitrogen and oxygen atoms in total. The van der Waals surface area contributed by atoms with E-state index in [2.05, 4.69) is 53.4 Å². The van der Waals surface area contributed by atoms with Gasteiger partial charge in [-0.3, -0.25) is 4.90 Å². The van der Waals surface area contributed by atoms with Gasteiger partial charge in [-0.05, 0) is 102 Å². The first-order valence-corrected chi connectivity index (χ1v) is 12.3. The molecule has 0 radical (unpaired) electrons. The van der Waals surface area contributed by atoms with E-state index in [1.54, 1.807) is 14.2 Å². The van der Waals surface area contributed by atoms with Crippen molar-refractivity contribution >= 4 is 11.1 Å². The summed E-state index contributed by atoms with van der Waals surface area (Å²) in [5.41, 5.74) is 7.59. The number of likely N-dealkylation sites (tertiary alicyclic amines) is 1. The fourth-order valence-corrected chi connectivity index (χ4v) is 5.09. The fourth-order valence-electron chi connectivity index (χ4n) is 5.09. The molecule has 0 unspecified atom stereocenters. The Balaban J connectivity index is 1.39. The lowest BCUT2D eigenvalue weighted by atomic mass is 9.94. The Kier molecular flexibility index (Phi) is 6.87. The average molecular weight is 456 g/mol. The Labute approximate surface area is 202 Å². The number of rotatable bonds is 8. The number of ether oxygens (including phenoxy) is 3. The van der Waals surface area contributed by atoms with Crippen molar-refractivity contribution in [2.45, 2.75) is 25.7 Å². The number of benzene rings is 3. The largest absolute Gasteiger partial charge is 0.497 e. The van der Waals surface area contributed by atoms with Gasteiger partial charge >= 0.3 is 0 Å². The van der Waals surface area contributed by atoms with Crippen molar-refractivity contribution < 1.29 is 14.2 Å². The van der Waals surface area contributed by atoms with Gasteiger partial charge in [0.15, 0.2) is 0 Å². The molecule has 1 aliphatic carbocycles. The Morgan fingerprint density at radius 1 is 0.706 bits per heavy atom. The van der Waals surface area contributed by atoms with Gasteiger partial charge < -0.3 is 14.2 Å². The molecular formula is C30H33NO3. The zero-order valence-electron chi connectivity index (χ0n) is 20.2. The standard InChI is InChI=1S/C30H33NO3/c1-32-25-10-6-22(7-11-25)29-21-24-20-27(33-2)14-15-28(24)30(29)23-8-12-26(13-9-23)34-19-18-31-16-4-3-5-17-31/h6-15,20H,3-5,16-19,21H2,1-2H3. The highest BCUT2D eigenvalue weighted by Gasteiger charge is 2.24. The summed E-state index contributed by atoms with van der Waals surface area (Å²) in [6.45, 7) is 4.15. The number of fused-ring (bicyclic) bond motifs is 1. The van der Waals surface area contributed by atoms with Crippen molar-refractivity contribution in [1.82, 2.24) is 4.90 Å². The zero-order chi connectivity index (χ0) is 23.3. The minimum Gasteiger partial charge on any atom is -0.497 e. The molecule has 3 aromatic carbocycles. The first-order valence-electron chi connectivity index (χ1n) is 12.3. The van der Waals surface area contributed by atoms with Crippen LogP contribution in [0.5, 0.6) is 17.2 Å². The average Bonchev–Trinajstić information content (AvgIpc) is 3.28. The van der Waals surface area contributed by atoms with Gasteiger partial charge in [0, 0.05) is 6.54 Å². The van der Waals surface area contributed by atoms with Crippen molar-refractivity contribution in [1.29, 1.82) is 0 Å². The van der Waals surface area contributed by atoms with Crippen LogP contribution in [-0.2, 0) is 6.42 Å². The maximum atomic E-state index is 6.07. The van der Waals surface area contributed by atoms with E-state index in [0.717, 1.165) is 36.8 Å². The van der Waals surface area contributed by atoms with E-state index in [0.29, 0.717) is 0 Å².